The van der Waals surface area contributed by atoms with Crippen LogP contribution in [-0.2, 0) is 6.54 Å². The number of pyridine rings is 1. The van der Waals surface area contributed by atoms with E-state index >= 15 is 0 Å². The number of aliphatic hydroxyl groups excluding tert-OH is 1. The molecule has 1 saturated heterocycles. The quantitative estimate of drug-likeness (QED) is 0.355. The molecule has 0 radical (unpaired) electrons. The van der Waals surface area contributed by atoms with Crippen LogP contribution >= 0.6 is 0 Å². The Morgan fingerprint density at radius 1 is 0.925 bits per heavy atom. The first-order valence-corrected chi connectivity index (χ1v) is 14.6. The highest BCUT2D eigenvalue weighted by Gasteiger charge is 2.26. The molecule has 3 fully saturated rings. The normalized spacial score (nSPS) is 22.5. The Labute approximate surface area is 233 Å². The second kappa shape index (κ2) is 10.7. The minimum absolute atomic E-state index is 0.00705. The summed E-state index contributed by atoms with van der Waals surface area (Å²) in [6, 6.07) is 8.67. The molecule has 2 N–H and O–H groups in total. The second-order valence-electron chi connectivity index (χ2n) is 11.6. The van der Waals surface area contributed by atoms with Gasteiger partial charge in [-0.05, 0) is 68.0 Å². The summed E-state index contributed by atoms with van der Waals surface area (Å²) in [6.45, 7) is 4.47. The van der Waals surface area contributed by atoms with Gasteiger partial charge in [-0.15, -0.1) is 0 Å². The van der Waals surface area contributed by atoms with E-state index < -0.39 is 0 Å². The van der Waals surface area contributed by atoms with Crippen LogP contribution in [0.3, 0.4) is 0 Å². The fourth-order valence-electron chi connectivity index (χ4n) is 6.40. The number of anilines is 2. The maximum atomic E-state index is 14.2. The van der Waals surface area contributed by atoms with Gasteiger partial charge in [-0.25, -0.2) is 15.0 Å². The van der Waals surface area contributed by atoms with Gasteiger partial charge >= 0.3 is 0 Å². The van der Waals surface area contributed by atoms with Crippen molar-refractivity contribution in [1.82, 2.24) is 29.4 Å². The number of hydrogen-bond donors (Lipinski definition) is 2. The molecule has 7 rings (SSSR count). The van der Waals surface area contributed by atoms with Crippen LogP contribution in [0.1, 0.15) is 56.6 Å². The van der Waals surface area contributed by atoms with E-state index in [0.717, 1.165) is 85.9 Å². The van der Waals surface area contributed by atoms with Gasteiger partial charge in [0.05, 0.1) is 6.10 Å². The molecule has 0 spiro atoms. The summed E-state index contributed by atoms with van der Waals surface area (Å²) in [5, 5.41) is 16.1. The third kappa shape index (κ3) is 4.90. The zero-order valence-corrected chi connectivity index (χ0v) is 22.7. The highest BCUT2D eigenvalue weighted by atomic mass is 16.3. The Morgan fingerprint density at radius 3 is 2.48 bits per heavy atom. The smallest absolute Gasteiger partial charge is 0.260 e. The van der Waals surface area contributed by atoms with Gasteiger partial charge in [-0.3, -0.25) is 14.3 Å². The van der Waals surface area contributed by atoms with Gasteiger partial charge in [0.15, 0.2) is 0 Å². The summed E-state index contributed by atoms with van der Waals surface area (Å²) < 4.78 is 1.90. The topological polar surface area (TPSA) is 112 Å². The van der Waals surface area contributed by atoms with E-state index in [4.69, 9.17) is 4.98 Å². The molecule has 4 aromatic rings. The van der Waals surface area contributed by atoms with E-state index in [0.29, 0.717) is 30.5 Å². The van der Waals surface area contributed by atoms with Crippen molar-refractivity contribution in [3.63, 3.8) is 0 Å². The summed E-state index contributed by atoms with van der Waals surface area (Å²) in [7, 11) is 0. The maximum absolute atomic E-state index is 14.2. The second-order valence-corrected chi connectivity index (χ2v) is 11.6. The molecule has 40 heavy (non-hydrogen) atoms. The zero-order chi connectivity index (χ0) is 27.1. The van der Waals surface area contributed by atoms with Crippen LogP contribution in [0.15, 0.2) is 47.8 Å². The van der Waals surface area contributed by atoms with E-state index in [-0.39, 0.29) is 17.7 Å². The highest BCUT2D eigenvalue weighted by molar-refractivity contribution is 6.04. The molecule has 2 saturated carbocycles. The Kier molecular flexibility index (Phi) is 6.81. The molecule has 1 aromatic carbocycles. The number of aliphatic hydroxyl groups is 1. The number of aromatic nitrogens is 5. The van der Waals surface area contributed by atoms with E-state index in [9.17, 15) is 9.90 Å². The predicted molar refractivity (Wildman–Crippen MR) is 156 cm³/mol. The first-order valence-electron chi connectivity index (χ1n) is 14.6. The number of benzene rings is 1. The first kappa shape index (κ1) is 25.3. The molecule has 4 heterocycles. The summed E-state index contributed by atoms with van der Waals surface area (Å²) in [4.78, 5) is 36.9. The SMILES string of the molecule is O=c1c2cc(CN3CCN(c4ccncn4)CC3)ccc2c2cnc(NC3CCC3)nc2n1[C@H]1CC[C@H](O)CC1. The lowest BCUT2D eigenvalue weighted by atomic mass is 9.92. The van der Waals surface area contributed by atoms with Crippen molar-refractivity contribution in [2.45, 2.75) is 69.7 Å². The molecule has 0 unspecified atom stereocenters. The molecule has 3 aromatic heterocycles. The molecule has 0 bridgehead atoms. The lowest BCUT2D eigenvalue weighted by Crippen LogP contribution is -2.46. The van der Waals surface area contributed by atoms with Crippen LogP contribution in [0, 0.1) is 0 Å². The highest BCUT2D eigenvalue weighted by Crippen LogP contribution is 2.32. The van der Waals surface area contributed by atoms with Gasteiger partial charge in [0.2, 0.25) is 5.95 Å². The van der Waals surface area contributed by atoms with Gasteiger partial charge in [0.25, 0.3) is 5.56 Å². The van der Waals surface area contributed by atoms with Crippen LogP contribution in [0.5, 0.6) is 0 Å². The molecule has 3 aliphatic rings. The fraction of sp³-hybridized carbons (Fsp3) is 0.500. The third-order valence-corrected chi connectivity index (χ3v) is 8.96. The molecule has 2 aliphatic carbocycles. The van der Waals surface area contributed by atoms with E-state index in [1.807, 2.05) is 16.8 Å². The summed E-state index contributed by atoms with van der Waals surface area (Å²) in [6.07, 6.45) is 11.4. The number of nitrogens with one attached hydrogen (secondary N) is 1. The molecular weight excluding hydrogens is 504 g/mol. The van der Waals surface area contributed by atoms with Gasteiger partial charge in [0, 0.05) is 68.0 Å². The lowest BCUT2D eigenvalue weighted by Gasteiger charge is -2.35. The minimum atomic E-state index is -0.287. The Morgan fingerprint density at radius 2 is 1.75 bits per heavy atom. The fourth-order valence-corrected chi connectivity index (χ4v) is 6.40. The van der Waals surface area contributed by atoms with Crippen LogP contribution in [0.2, 0.25) is 0 Å². The van der Waals surface area contributed by atoms with E-state index in [1.165, 1.54) is 6.42 Å². The standard InChI is InChI=1S/C30H36N8O2/c39-23-7-5-22(6-8-23)38-28-26(17-32-30(35-28)34-21-2-1-3-21)24-9-4-20(16-25(24)29(38)40)18-36-12-14-37(15-13-36)27-10-11-31-19-33-27/h4,9-11,16-17,19,21-23,39H,1-3,5-8,12-15,18H2,(H,32,34,35)/t22-,23-. The number of hydrogen-bond acceptors (Lipinski definition) is 9. The number of rotatable bonds is 6. The molecule has 10 heteroatoms. The largest absolute Gasteiger partial charge is 0.393 e. The Balaban J connectivity index is 1.20. The van der Waals surface area contributed by atoms with Crippen molar-refractivity contribution in [3.8, 4) is 0 Å². The van der Waals surface area contributed by atoms with Gasteiger partial charge in [0.1, 0.15) is 17.8 Å². The minimum Gasteiger partial charge on any atom is -0.393 e. The van der Waals surface area contributed by atoms with Crippen molar-refractivity contribution < 1.29 is 5.11 Å². The number of nitrogens with zero attached hydrogens (tertiary/aromatic N) is 7. The molecular formula is C30H36N8O2. The monoisotopic (exact) mass is 540 g/mol. The molecule has 208 valence electrons. The van der Waals surface area contributed by atoms with Crippen molar-refractivity contribution in [1.29, 1.82) is 0 Å². The average Bonchev–Trinajstić information content (AvgIpc) is 2.97. The van der Waals surface area contributed by atoms with Crippen molar-refractivity contribution >= 4 is 33.6 Å². The van der Waals surface area contributed by atoms with Crippen LogP contribution in [0.25, 0.3) is 21.8 Å². The van der Waals surface area contributed by atoms with E-state index in [1.54, 1.807) is 12.5 Å². The average molecular weight is 541 g/mol. The van der Waals surface area contributed by atoms with E-state index in [2.05, 4.69) is 48.3 Å². The number of piperazine rings is 1. The van der Waals surface area contributed by atoms with Crippen molar-refractivity contribution in [2.75, 3.05) is 36.4 Å². The number of fused-ring (bicyclic) bond motifs is 3. The van der Waals surface area contributed by atoms with Crippen LogP contribution < -0.4 is 15.8 Å². The maximum Gasteiger partial charge on any atom is 0.260 e. The molecule has 0 atom stereocenters. The summed E-state index contributed by atoms with van der Waals surface area (Å²) in [5.74, 6) is 1.56. The zero-order valence-electron chi connectivity index (χ0n) is 22.7. The molecule has 10 nitrogen and oxygen atoms in total. The Hall–Kier alpha value is -3.63. The third-order valence-electron chi connectivity index (χ3n) is 8.96. The lowest BCUT2D eigenvalue weighted by molar-refractivity contribution is 0.111. The predicted octanol–water partition coefficient (Wildman–Crippen LogP) is 3.50. The van der Waals surface area contributed by atoms with Gasteiger partial charge < -0.3 is 15.3 Å². The van der Waals surface area contributed by atoms with Crippen LogP contribution in [0.4, 0.5) is 11.8 Å². The van der Waals surface area contributed by atoms with Crippen molar-refractivity contribution in [3.05, 3.63) is 58.9 Å². The Bertz CT molecular complexity index is 1560. The molecule has 1 aliphatic heterocycles. The summed E-state index contributed by atoms with van der Waals surface area (Å²) in [5.41, 5.74) is 1.84. The van der Waals surface area contributed by atoms with Crippen molar-refractivity contribution in [2.24, 2.45) is 0 Å². The van der Waals surface area contributed by atoms with Crippen LogP contribution in [-0.4, -0.2) is 72.8 Å². The molecule has 0 amide bonds. The van der Waals surface area contributed by atoms with Gasteiger partial charge in [-0.1, -0.05) is 12.1 Å². The summed E-state index contributed by atoms with van der Waals surface area (Å²) >= 11 is 0. The van der Waals surface area contributed by atoms with Gasteiger partial charge in [-0.2, -0.15) is 4.98 Å². The first-order chi connectivity index (χ1) is 19.6.